The van der Waals surface area contributed by atoms with Gasteiger partial charge in [0.15, 0.2) is 6.54 Å². The highest BCUT2D eigenvalue weighted by Gasteiger charge is 2.31. The minimum absolute atomic E-state index is 0. The summed E-state index contributed by atoms with van der Waals surface area (Å²) in [7, 11) is 0. The highest BCUT2D eigenvalue weighted by atomic mass is 35.5. The van der Waals surface area contributed by atoms with Crippen molar-refractivity contribution < 1.29 is 21.7 Å². The van der Waals surface area contributed by atoms with Crippen molar-refractivity contribution in [2.75, 3.05) is 37.6 Å². The van der Waals surface area contributed by atoms with Gasteiger partial charge in [0.25, 0.3) is 5.91 Å². The molecule has 4 heteroatoms. The number of fused-ring (bicyclic) bond motifs is 1. The van der Waals surface area contributed by atoms with E-state index in [1.165, 1.54) is 5.56 Å². The van der Waals surface area contributed by atoms with Crippen LogP contribution in [0, 0.1) is 0 Å². The van der Waals surface area contributed by atoms with Crippen LogP contribution in [0.2, 0.25) is 0 Å². The summed E-state index contributed by atoms with van der Waals surface area (Å²) in [6.45, 7) is 11.1. The Morgan fingerprint density at radius 3 is 2.29 bits per heavy atom. The van der Waals surface area contributed by atoms with Gasteiger partial charge in [-0.15, -0.1) is 0 Å². The van der Waals surface area contributed by atoms with Crippen LogP contribution in [0.3, 0.4) is 0 Å². The average molecular weight is 313 g/mol. The summed E-state index contributed by atoms with van der Waals surface area (Å²) in [6.07, 6.45) is 0.992. The van der Waals surface area contributed by atoms with Crippen molar-refractivity contribution in [1.29, 1.82) is 0 Å². The average Bonchev–Trinajstić information content (AvgIpc) is 2.89. The standard InChI is InChI=1S/C16H25N2O.CH4.ClH/c1-4-18(5-2,6-3)13-16(19)17-12-11-14-9-7-8-10-15(14)17;;/h7-10H,4-6,11-13H2,1-3H3;1H4;1H/q+1;;/p-1. The van der Waals surface area contributed by atoms with Crippen LogP contribution in [-0.4, -0.2) is 43.1 Å². The highest BCUT2D eigenvalue weighted by Crippen LogP contribution is 2.27. The van der Waals surface area contributed by atoms with Crippen LogP contribution in [0.1, 0.15) is 33.8 Å². The van der Waals surface area contributed by atoms with E-state index in [-0.39, 0.29) is 25.7 Å². The molecular formula is C17H29ClN2O. The van der Waals surface area contributed by atoms with Gasteiger partial charge in [-0.3, -0.25) is 4.79 Å². The number of amides is 1. The lowest BCUT2D eigenvalue weighted by atomic mass is 10.2. The second-order valence-corrected chi connectivity index (χ2v) is 5.37. The monoisotopic (exact) mass is 312 g/mol. The van der Waals surface area contributed by atoms with Gasteiger partial charge in [-0.1, -0.05) is 25.6 Å². The number of para-hydroxylation sites is 1. The third kappa shape index (κ3) is 3.98. The number of hydrogen-bond donors (Lipinski definition) is 0. The lowest BCUT2D eigenvalue weighted by molar-refractivity contribution is -0.915. The third-order valence-corrected chi connectivity index (χ3v) is 4.67. The van der Waals surface area contributed by atoms with E-state index in [0.717, 1.165) is 42.8 Å². The van der Waals surface area contributed by atoms with Gasteiger partial charge in [0.2, 0.25) is 0 Å². The van der Waals surface area contributed by atoms with Crippen LogP contribution in [0.15, 0.2) is 24.3 Å². The van der Waals surface area contributed by atoms with Gasteiger partial charge in [0.1, 0.15) is 0 Å². The Bertz CT molecular complexity index is 450. The number of halogens is 1. The molecule has 0 aromatic heterocycles. The van der Waals surface area contributed by atoms with Gasteiger partial charge < -0.3 is 21.8 Å². The Morgan fingerprint density at radius 2 is 1.71 bits per heavy atom. The first-order valence-electron chi connectivity index (χ1n) is 7.39. The van der Waals surface area contributed by atoms with Gasteiger partial charge >= 0.3 is 0 Å². The van der Waals surface area contributed by atoms with E-state index in [9.17, 15) is 4.79 Å². The van der Waals surface area contributed by atoms with E-state index in [1.807, 2.05) is 11.0 Å². The second-order valence-electron chi connectivity index (χ2n) is 5.37. The minimum Gasteiger partial charge on any atom is -1.00 e. The Morgan fingerprint density at radius 1 is 1.14 bits per heavy atom. The van der Waals surface area contributed by atoms with E-state index in [2.05, 4.69) is 39.0 Å². The van der Waals surface area contributed by atoms with Crippen molar-refractivity contribution in [3.63, 3.8) is 0 Å². The molecule has 0 aliphatic carbocycles. The van der Waals surface area contributed by atoms with E-state index < -0.39 is 0 Å². The topological polar surface area (TPSA) is 20.3 Å². The molecule has 0 bridgehead atoms. The fourth-order valence-corrected chi connectivity index (χ4v) is 2.98. The molecule has 1 heterocycles. The molecule has 1 amide bonds. The zero-order valence-corrected chi connectivity index (χ0v) is 13.5. The number of anilines is 1. The lowest BCUT2D eigenvalue weighted by Crippen LogP contribution is -3.00. The Balaban J connectivity index is 0.00000200. The van der Waals surface area contributed by atoms with Crippen LogP contribution < -0.4 is 17.3 Å². The van der Waals surface area contributed by atoms with E-state index >= 15 is 0 Å². The zero-order valence-electron chi connectivity index (χ0n) is 12.7. The Kier molecular flexibility index (Phi) is 7.98. The first-order valence-corrected chi connectivity index (χ1v) is 7.39. The molecule has 3 nitrogen and oxygen atoms in total. The van der Waals surface area contributed by atoms with Crippen molar-refractivity contribution in [3.8, 4) is 0 Å². The molecule has 0 saturated heterocycles. The number of rotatable bonds is 5. The fourth-order valence-electron chi connectivity index (χ4n) is 2.98. The SMILES string of the molecule is C.CC[N+](CC)(CC)CC(=O)N1CCc2ccccc21.[Cl-]. The van der Waals surface area contributed by atoms with Crippen LogP contribution in [0.25, 0.3) is 0 Å². The van der Waals surface area contributed by atoms with Gasteiger partial charge in [-0.2, -0.15) is 0 Å². The van der Waals surface area contributed by atoms with Crippen molar-refractivity contribution >= 4 is 11.6 Å². The number of quaternary nitrogens is 1. The molecule has 0 spiro atoms. The number of carbonyl (C=O) groups excluding carboxylic acids is 1. The molecule has 0 saturated carbocycles. The quantitative estimate of drug-likeness (QED) is 0.706. The van der Waals surface area contributed by atoms with Crippen molar-refractivity contribution in [2.45, 2.75) is 34.6 Å². The van der Waals surface area contributed by atoms with Crippen molar-refractivity contribution in [2.24, 2.45) is 0 Å². The molecule has 120 valence electrons. The Labute approximate surface area is 135 Å². The summed E-state index contributed by atoms with van der Waals surface area (Å²) in [5.74, 6) is 0.274. The van der Waals surface area contributed by atoms with Crippen molar-refractivity contribution in [3.05, 3.63) is 29.8 Å². The maximum atomic E-state index is 12.6. The molecule has 2 rings (SSSR count). The second kappa shape index (κ2) is 8.40. The zero-order chi connectivity index (χ0) is 13.9. The molecule has 1 aromatic carbocycles. The molecule has 1 aromatic rings. The molecule has 1 aliphatic rings. The minimum atomic E-state index is 0. The van der Waals surface area contributed by atoms with Crippen molar-refractivity contribution in [1.82, 2.24) is 0 Å². The number of nitrogens with zero attached hydrogens (tertiary/aromatic N) is 2. The van der Waals surface area contributed by atoms with E-state index in [1.54, 1.807) is 0 Å². The molecule has 0 atom stereocenters. The summed E-state index contributed by atoms with van der Waals surface area (Å²) in [4.78, 5) is 14.6. The molecule has 0 radical (unpaired) electrons. The highest BCUT2D eigenvalue weighted by molar-refractivity contribution is 5.96. The van der Waals surface area contributed by atoms with Crippen LogP contribution in [0.5, 0.6) is 0 Å². The maximum Gasteiger partial charge on any atom is 0.282 e. The molecule has 0 unspecified atom stereocenters. The maximum absolute atomic E-state index is 12.6. The van der Waals surface area contributed by atoms with E-state index in [4.69, 9.17) is 0 Å². The molecular weight excluding hydrogens is 284 g/mol. The summed E-state index contributed by atoms with van der Waals surface area (Å²) < 4.78 is 0.886. The molecule has 21 heavy (non-hydrogen) atoms. The van der Waals surface area contributed by atoms with Gasteiger partial charge in [0.05, 0.1) is 19.6 Å². The number of benzene rings is 1. The number of hydrogen-bond acceptors (Lipinski definition) is 1. The first kappa shape index (κ1) is 19.9. The summed E-state index contributed by atoms with van der Waals surface area (Å²) in [5, 5.41) is 0. The lowest BCUT2D eigenvalue weighted by Gasteiger charge is -2.36. The normalized spacial score (nSPS) is 13.2. The number of likely N-dealkylation sites (N-methyl/N-ethyl adjacent to an activating group) is 1. The molecule has 1 aliphatic heterocycles. The Hall–Kier alpha value is -1.06. The molecule has 0 fully saturated rings. The smallest absolute Gasteiger partial charge is 0.282 e. The fraction of sp³-hybridized carbons (Fsp3) is 0.588. The predicted molar refractivity (Wildman–Crippen MR) is 86.0 cm³/mol. The summed E-state index contributed by atoms with van der Waals surface area (Å²) >= 11 is 0. The predicted octanol–water partition coefficient (Wildman–Crippen LogP) is 0.0923. The van der Waals surface area contributed by atoms with E-state index in [0.29, 0.717) is 6.54 Å². The van der Waals surface area contributed by atoms with Crippen LogP contribution in [0.4, 0.5) is 5.69 Å². The van der Waals surface area contributed by atoms with Gasteiger partial charge in [-0.25, -0.2) is 0 Å². The third-order valence-electron chi connectivity index (χ3n) is 4.67. The van der Waals surface area contributed by atoms with Gasteiger partial charge in [0, 0.05) is 12.2 Å². The summed E-state index contributed by atoms with van der Waals surface area (Å²) in [6, 6.07) is 8.27. The van der Waals surface area contributed by atoms with Crippen LogP contribution >= 0.6 is 0 Å². The number of carbonyl (C=O) groups is 1. The van der Waals surface area contributed by atoms with Gasteiger partial charge in [-0.05, 0) is 38.8 Å². The molecule has 0 N–H and O–H groups in total. The van der Waals surface area contributed by atoms with Crippen LogP contribution in [-0.2, 0) is 11.2 Å². The largest absolute Gasteiger partial charge is 1.00 e. The summed E-state index contributed by atoms with van der Waals surface area (Å²) in [5.41, 5.74) is 2.42. The first-order chi connectivity index (χ1) is 9.15.